The number of carbonyl (C=O) groups excluding carboxylic acids is 2. The van der Waals surface area contributed by atoms with Crippen LogP contribution in [0.15, 0.2) is 90.2 Å². The zero-order valence-corrected chi connectivity index (χ0v) is 19.0. The molecule has 1 aliphatic heterocycles. The van der Waals surface area contributed by atoms with Gasteiger partial charge in [0.25, 0.3) is 5.91 Å². The standard InChI is InChI=1S/C27H20N2O4S/c1-16-10-12-20-22(14-16)34-27(28-20)29-24(18-8-5-9-19(30)15-18)23(25(32)26(29)33)21(31)13-11-17-6-3-2-4-7-17/h2-15,24,30,32H,1H3/b13-11+. The quantitative estimate of drug-likeness (QED) is 0.378. The lowest BCUT2D eigenvalue weighted by Crippen LogP contribution is -2.30. The fourth-order valence-electron chi connectivity index (χ4n) is 4.01. The highest BCUT2D eigenvalue weighted by molar-refractivity contribution is 7.22. The fourth-order valence-corrected chi connectivity index (χ4v) is 5.10. The lowest BCUT2D eigenvalue weighted by molar-refractivity contribution is -0.117. The van der Waals surface area contributed by atoms with Crippen LogP contribution in [0.5, 0.6) is 5.75 Å². The van der Waals surface area contributed by atoms with E-state index in [9.17, 15) is 19.8 Å². The summed E-state index contributed by atoms with van der Waals surface area (Å²) >= 11 is 1.31. The van der Waals surface area contributed by atoms with Gasteiger partial charge in [-0.1, -0.05) is 65.9 Å². The van der Waals surface area contributed by atoms with Crippen LogP contribution in [0.25, 0.3) is 16.3 Å². The maximum Gasteiger partial charge on any atom is 0.296 e. The number of rotatable bonds is 5. The number of hydrogen-bond acceptors (Lipinski definition) is 6. The third-order valence-corrected chi connectivity index (χ3v) is 6.64. The number of thiazole rings is 1. The molecule has 1 amide bonds. The number of aromatic hydroxyl groups is 1. The van der Waals surface area contributed by atoms with Crippen molar-refractivity contribution in [2.75, 3.05) is 4.90 Å². The van der Waals surface area contributed by atoms with E-state index in [4.69, 9.17) is 0 Å². The Morgan fingerprint density at radius 2 is 1.82 bits per heavy atom. The summed E-state index contributed by atoms with van der Waals surface area (Å²) in [6, 6.07) is 20.4. The monoisotopic (exact) mass is 468 g/mol. The average Bonchev–Trinajstić information content (AvgIpc) is 3.36. The number of aliphatic hydroxyl groups excluding tert-OH is 1. The van der Waals surface area contributed by atoms with Crippen LogP contribution in [0.3, 0.4) is 0 Å². The molecule has 2 heterocycles. The molecule has 0 bridgehead atoms. The van der Waals surface area contributed by atoms with E-state index >= 15 is 0 Å². The lowest BCUT2D eigenvalue weighted by Gasteiger charge is -2.24. The van der Waals surface area contributed by atoms with Crippen LogP contribution in [0, 0.1) is 6.92 Å². The third kappa shape index (κ3) is 3.86. The van der Waals surface area contributed by atoms with Gasteiger partial charge in [-0.25, -0.2) is 4.98 Å². The number of allylic oxidation sites excluding steroid dienone is 1. The van der Waals surface area contributed by atoms with E-state index in [2.05, 4.69) is 4.98 Å². The predicted molar refractivity (Wildman–Crippen MR) is 133 cm³/mol. The van der Waals surface area contributed by atoms with E-state index in [0.29, 0.717) is 10.7 Å². The first-order valence-electron chi connectivity index (χ1n) is 10.6. The highest BCUT2D eigenvalue weighted by atomic mass is 32.1. The Labute approximate surface area is 199 Å². The Kier molecular flexibility index (Phi) is 5.47. The highest BCUT2D eigenvalue weighted by Crippen LogP contribution is 2.44. The van der Waals surface area contributed by atoms with Crippen molar-refractivity contribution in [1.82, 2.24) is 4.98 Å². The molecule has 34 heavy (non-hydrogen) atoms. The summed E-state index contributed by atoms with van der Waals surface area (Å²) in [5.41, 5.74) is 3.02. The van der Waals surface area contributed by atoms with Crippen LogP contribution < -0.4 is 4.90 Å². The van der Waals surface area contributed by atoms with Crippen molar-refractivity contribution in [3.05, 3.63) is 107 Å². The van der Waals surface area contributed by atoms with Crippen LogP contribution in [-0.2, 0) is 9.59 Å². The van der Waals surface area contributed by atoms with Crippen LogP contribution in [0.2, 0.25) is 0 Å². The van der Waals surface area contributed by atoms with Crippen LogP contribution >= 0.6 is 11.3 Å². The summed E-state index contributed by atoms with van der Waals surface area (Å²) in [5, 5.41) is 21.3. The smallest absolute Gasteiger partial charge is 0.296 e. The van der Waals surface area contributed by atoms with E-state index in [1.165, 1.54) is 34.4 Å². The summed E-state index contributed by atoms with van der Waals surface area (Å²) in [5.74, 6) is -1.84. The van der Waals surface area contributed by atoms with Gasteiger partial charge in [0, 0.05) is 0 Å². The molecule has 0 spiro atoms. The second-order valence-electron chi connectivity index (χ2n) is 8.01. The minimum atomic E-state index is -0.936. The molecule has 1 unspecified atom stereocenters. The van der Waals surface area contributed by atoms with E-state index < -0.39 is 23.5 Å². The van der Waals surface area contributed by atoms with Gasteiger partial charge in [-0.05, 0) is 54.0 Å². The van der Waals surface area contributed by atoms with Gasteiger partial charge < -0.3 is 10.2 Å². The van der Waals surface area contributed by atoms with E-state index in [0.717, 1.165) is 21.3 Å². The third-order valence-electron chi connectivity index (χ3n) is 5.63. The first-order chi connectivity index (χ1) is 16.4. The summed E-state index contributed by atoms with van der Waals surface area (Å²) in [6.45, 7) is 1.97. The van der Waals surface area contributed by atoms with Gasteiger partial charge in [0.2, 0.25) is 0 Å². The Morgan fingerprint density at radius 3 is 2.59 bits per heavy atom. The van der Waals surface area contributed by atoms with Gasteiger partial charge in [-0.15, -0.1) is 0 Å². The largest absolute Gasteiger partial charge is 0.508 e. The minimum absolute atomic E-state index is 0.0113. The zero-order chi connectivity index (χ0) is 23.8. The molecule has 2 N–H and O–H groups in total. The highest BCUT2D eigenvalue weighted by Gasteiger charge is 2.45. The van der Waals surface area contributed by atoms with E-state index in [-0.39, 0.29) is 11.3 Å². The molecule has 6 nitrogen and oxygen atoms in total. The Bertz CT molecular complexity index is 1490. The predicted octanol–water partition coefficient (Wildman–Crippen LogP) is 5.49. The summed E-state index contributed by atoms with van der Waals surface area (Å²) in [4.78, 5) is 32.5. The molecular formula is C27H20N2O4S. The molecule has 0 fully saturated rings. The van der Waals surface area contributed by atoms with Crippen molar-refractivity contribution in [1.29, 1.82) is 0 Å². The lowest BCUT2D eigenvalue weighted by atomic mass is 9.95. The topological polar surface area (TPSA) is 90.7 Å². The Hall–Kier alpha value is -4.23. The average molecular weight is 469 g/mol. The number of nitrogens with zero attached hydrogens (tertiary/aromatic N) is 2. The second kappa shape index (κ2) is 8.61. The molecule has 168 valence electrons. The minimum Gasteiger partial charge on any atom is -0.508 e. The van der Waals surface area contributed by atoms with Gasteiger partial charge >= 0.3 is 0 Å². The molecule has 1 aliphatic rings. The fraction of sp³-hybridized carbons (Fsp3) is 0.0741. The second-order valence-corrected chi connectivity index (χ2v) is 9.02. The zero-order valence-electron chi connectivity index (χ0n) is 18.2. The molecule has 1 atom stereocenters. The van der Waals surface area contributed by atoms with Gasteiger partial charge in [-0.2, -0.15) is 0 Å². The first-order valence-corrected chi connectivity index (χ1v) is 11.4. The molecule has 4 aromatic rings. The maximum atomic E-state index is 13.3. The number of carbonyl (C=O) groups is 2. The number of benzene rings is 3. The molecule has 0 saturated carbocycles. The van der Waals surface area contributed by atoms with E-state index in [1.54, 1.807) is 18.2 Å². The molecule has 0 saturated heterocycles. The van der Waals surface area contributed by atoms with Gasteiger partial charge in [0.05, 0.1) is 21.8 Å². The number of phenolic OH excluding ortho intramolecular Hbond substituents is 1. The van der Waals surface area contributed by atoms with Crippen molar-refractivity contribution in [3.8, 4) is 5.75 Å². The molecule has 1 aromatic heterocycles. The van der Waals surface area contributed by atoms with Crippen molar-refractivity contribution in [3.63, 3.8) is 0 Å². The summed E-state index contributed by atoms with van der Waals surface area (Å²) in [6.07, 6.45) is 2.98. The number of hydrogen-bond donors (Lipinski definition) is 2. The number of anilines is 1. The number of aryl methyl sites for hydroxylation is 1. The van der Waals surface area contributed by atoms with Crippen LogP contribution in [-0.4, -0.2) is 26.9 Å². The van der Waals surface area contributed by atoms with Crippen molar-refractivity contribution < 1.29 is 19.8 Å². The van der Waals surface area contributed by atoms with Gasteiger partial charge in [0.15, 0.2) is 16.7 Å². The molecule has 0 aliphatic carbocycles. The summed E-state index contributed by atoms with van der Waals surface area (Å²) in [7, 11) is 0. The number of aromatic nitrogens is 1. The Balaban J connectivity index is 1.61. The van der Waals surface area contributed by atoms with Crippen LogP contribution in [0.1, 0.15) is 22.7 Å². The summed E-state index contributed by atoms with van der Waals surface area (Å²) < 4.78 is 0.890. The number of phenols is 1. The molecule has 3 aromatic carbocycles. The Morgan fingerprint density at radius 1 is 1.03 bits per heavy atom. The number of ketones is 1. The normalized spacial score (nSPS) is 16.2. The van der Waals surface area contributed by atoms with Crippen molar-refractivity contribution in [2.45, 2.75) is 13.0 Å². The molecule has 0 radical (unpaired) electrons. The molecule has 5 rings (SSSR count). The van der Waals surface area contributed by atoms with Crippen molar-refractivity contribution >= 4 is 44.5 Å². The van der Waals surface area contributed by atoms with Gasteiger partial charge in [-0.3, -0.25) is 14.5 Å². The van der Waals surface area contributed by atoms with Gasteiger partial charge in [0.1, 0.15) is 5.75 Å². The van der Waals surface area contributed by atoms with E-state index in [1.807, 2.05) is 55.5 Å². The number of fused-ring (bicyclic) bond motifs is 1. The molecule has 7 heteroatoms. The maximum absolute atomic E-state index is 13.3. The first kappa shape index (κ1) is 21.6. The SMILES string of the molecule is Cc1ccc2nc(N3C(=O)C(O)=C(C(=O)/C=C/c4ccccc4)C3c3cccc(O)c3)sc2c1. The van der Waals surface area contributed by atoms with Crippen molar-refractivity contribution in [2.24, 2.45) is 0 Å². The molecular weight excluding hydrogens is 448 g/mol. The number of aliphatic hydroxyl groups is 1. The van der Waals surface area contributed by atoms with Crippen LogP contribution in [0.4, 0.5) is 5.13 Å². The number of amides is 1.